The third kappa shape index (κ3) is 3.06. The first-order chi connectivity index (χ1) is 13.0. The number of benzene rings is 3. The largest absolute Gasteiger partial charge is 0.422 e. The molecule has 0 aliphatic carbocycles. The van der Waals surface area contributed by atoms with Gasteiger partial charge < -0.3 is 4.42 Å². The molecule has 27 heavy (non-hydrogen) atoms. The predicted octanol–water partition coefficient (Wildman–Crippen LogP) is 4.60. The van der Waals surface area contributed by atoms with Crippen LogP contribution in [0.5, 0.6) is 0 Å². The van der Waals surface area contributed by atoms with Gasteiger partial charge in [-0.3, -0.25) is 0 Å². The lowest BCUT2D eigenvalue weighted by Crippen LogP contribution is -2.14. The van der Waals surface area contributed by atoms with Crippen LogP contribution in [0.15, 0.2) is 97.9 Å². The fourth-order valence-corrected chi connectivity index (χ4v) is 4.48. The van der Waals surface area contributed by atoms with Crippen LogP contribution in [0.1, 0.15) is 5.56 Å². The maximum absolute atomic E-state index is 13.0. The standard InChI is InChI=1S/C22H16O4S/c1-15-13-18(11-12-19(15)16-7-3-2-4-8-16)27(24,25)21-14-17-9-5-6-10-20(17)26-22(21)23/h2-14H,1H3. The molecule has 0 N–H and O–H groups in total. The van der Waals surface area contributed by atoms with Gasteiger partial charge in [0.1, 0.15) is 5.58 Å². The molecule has 4 aromatic rings. The van der Waals surface area contributed by atoms with Gasteiger partial charge in [-0.05, 0) is 47.9 Å². The third-order valence-electron chi connectivity index (χ3n) is 4.49. The molecule has 4 rings (SSSR count). The van der Waals surface area contributed by atoms with Crippen molar-refractivity contribution in [2.45, 2.75) is 16.7 Å². The molecular weight excluding hydrogens is 360 g/mol. The number of fused-ring (bicyclic) bond motifs is 1. The zero-order chi connectivity index (χ0) is 19.0. The van der Waals surface area contributed by atoms with Gasteiger partial charge in [0.15, 0.2) is 4.90 Å². The van der Waals surface area contributed by atoms with Crippen LogP contribution in [0.2, 0.25) is 0 Å². The lowest BCUT2D eigenvalue weighted by molar-refractivity contribution is 0.532. The van der Waals surface area contributed by atoms with E-state index in [4.69, 9.17) is 4.42 Å². The lowest BCUT2D eigenvalue weighted by Gasteiger charge is -2.10. The quantitative estimate of drug-likeness (QED) is 0.490. The molecule has 5 heteroatoms. The van der Waals surface area contributed by atoms with Crippen LogP contribution in [0.3, 0.4) is 0 Å². The monoisotopic (exact) mass is 376 g/mol. The topological polar surface area (TPSA) is 64.3 Å². The Morgan fingerprint density at radius 1 is 0.815 bits per heavy atom. The Morgan fingerprint density at radius 3 is 2.26 bits per heavy atom. The van der Waals surface area contributed by atoms with E-state index in [0.29, 0.717) is 11.0 Å². The van der Waals surface area contributed by atoms with Crippen LogP contribution in [-0.2, 0) is 9.84 Å². The smallest absolute Gasteiger partial charge is 0.355 e. The molecule has 0 atom stereocenters. The summed E-state index contributed by atoms with van der Waals surface area (Å²) in [5, 5.41) is 0.563. The number of sulfone groups is 1. The van der Waals surface area contributed by atoms with E-state index in [1.165, 1.54) is 12.1 Å². The second-order valence-electron chi connectivity index (χ2n) is 6.28. The first kappa shape index (κ1) is 17.2. The van der Waals surface area contributed by atoms with Crippen molar-refractivity contribution in [2.75, 3.05) is 0 Å². The summed E-state index contributed by atoms with van der Waals surface area (Å²) in [6, 6.07) is 22.8. The van der Waals surface area contributed by atoms with E-state index in [1.54, 1.807) is 36.4 Å². The first-order valence-electron chi connectivity index (χ1n) is 8.41. The highest BCUT2D eigenvalue weighted by Crippen LogP contribution is 2.28. The molecule has 1 aromatic heterocycles. The highest BCUT2D eigenvalue weighted by molar-refractivity contribution is 7.91. The molecule has 134 valence electrons. The Hall–Kier alpha value is -3.18. The zero-order valence-corrected chi connectivity index (χ0v) is 15.4. The van der Waals surface area contributed by atoms with Crippen molar-refractivity contribution in [2.24, 2.45) is 0 Å². The molecule has 0 amide bonds. The summed E-state index contributed by atoms with van der Waals surface area (Å²) >= 11 is 0. The molecule has 0 aliphatic rings. The maximum Gasteiger partial charge on any atom is 0.355 e. The summed E-state index contributed by atoms with van der Waals surface area (Å²) in [6.45, 7) is 1.85. The van der Waals surface area contributed by atoms with Gasteiger partial charge >= 0.3 is 5.63 Å². The minimum absolute atomic E-state index is 0.0715. The van der Waals surface area contributed by atoms with Gasteiger partial charge in [0.2, 0.25) is 9.84 Å². The second-order valence-corrected chi connectivity index (χ2v) is 8.20. The molecule has 0 aliphatic heterocycles. The van der Waals surface area contributed by atoms with Crippen LogP contribution >= 0.6 is 0 Å². The minimum Gasteiger partial charge on any atom is -0.422 e. The van der Waals surface area contributed by atoms with E-state index < -0.39 is 15.5 Å². The molecule has 0 bridgehead atoms. The summed E-state index contributed by atoms with van der Waals surface area (Å²) in [4.78, 5) is 12.0. The number of hydrogen-bond donors (Lipinski definition) is 0. The Balaban J connectivity index is 1.85. The molecule has 1 heterocycles. The van der Waals surface area contributed by atoms with E-state index >= 15 is 0 Å². The fourth-order valence-electron chi connectivity index (χ4n) is 3.10. The van der Waals surface area contributed by atoms with Crippen molar-refractivity contribution in [3.63, 3.8) is 0 Å². The Labute approximate surface area is 156 Å². The van der Waals surface area contributed by atoms with E-state index in [2.05, 4.69) is 0 Å². The van der Waals surface area contributed by atoms with Crippen LogP contribution < -0.4 is 5.63 Å². The fraction of sp³-hybridized carbons (Fsp3) is 0.0455. The molecular formula is C22H16O4S. The van der Waals surface area contributed by atoms with E-state index in [1.807, 2.05) is 37.3 Å². The van der Waals surface area contributed by atoms with E-state index in [9.17, 15) is 13.2 Å². The number of rotatable bonds is 3. The Morgan fingerprint density at radius 2 is 1.52 bits per heavy atom. The molecule has 0 saturated heterocycles. The van der Waals surface area contributed by atoms with E-state index in [-0.39, 0.29) is 9.79 Å². The average molecular weight is 376 g/mol. The zero-order valence-electron chi connectivity index (χ0n) is 14.5. The average Bonchev–Trinajstić information content (AvgIpc) is 2.68. The molecule has 0 radical (unpaired) electrons. The summed E-state index contributed by atoms with van der Waals surface area (Å²) < 4.78 is 31.3. The van der Waals surface area contributed by atoms with Gasteiger partial charge in [0.25, 0.3) is 0 Å². The number of hydrogen-bond acceptors (Lipinski definition) is 4. The van der Waals surface area contributed by atoms with Gasteiger partial charge in [0.05, 0.1) is 4.90 Å². The van der Waals surface area contributed by atoms with Crippen LogP contribution in [-0.4, -0.2) is 8.42 Å². The number of aryl methyl sites for hydroxylation is 1. The Kier molecular flexibility index (Phi) is 4.16. The first-order valence-corrected chi connectivity index (χ1v) is 9.89. The molecule has 0 saturated carbocycles. The molecule has 4 nitrogen and oxygen atoms in total. The van der Waals surface area contributed by atoms with Crippen molar-refractivity contribution in [1.29, 1.82) is 0 Å². The summed E-state index contributed by atoms with van der Waals surface area (Å²) in [6.07, 6.45) is 0. The normalized spacial score (nSPS) is 11.6. The lowest BCUT2D eigenvalue weighted by atomic mass is 10.0. The SMILES string of the molecule is Cc1cc(S(=O)(=O)c2cc3ccccc3oc2=O)ccc1-c1ccccc1. The summed E-state index contributed by atoms with van der Waals surface area (Å²) in [5.74, 6) is 0. The number of para-hydroxylation sites is 1. The minimum atomic E-state index is -3.99. The Bertz CT molecular complexity index is 1300. The maximum atomic E-state index is 13.0. The second kappa shape index (κ2) is 6.52. The van der Waals surface area contributed by atoms with Gasteiger partial charge in [0, 0.05) is 5.39 Å². The molecule has 0 spiro atoms. The van der Waals surface area contributed by atoms with Crippen LogP contribution in [0, 0.1) is 6.92 Å². The molecule has 0 fully saturated rings. The highest BCUT2D eigenvalue weighted by Gasteiger charge is 2.24. The van der Waals surface area contributed by atoms with Crippen molar-refractivity contribution in [3.8, 4) is 11.1 Å². The molecule has 3 aromatic carbocycles. The molecule has 0 unspecified atom stereocenters. The van der Waals surface area contributed by atoms with Crippen molar-refractivity contribution >= 4 is 20.8 Å². The van der Waals surface area contributed by atoms with Crippen molar-refractivity contribution in [1.82, 2.24) is 0 Å². The van der Waals surface area contributed by atoms with E-state index in [0.717, 1.165) is 16.7 Å². The summed E-state index contributed by atoms with van der Waals surface area (Å²) in [7, 11) is -3.99. The third-order valence-corrected chi connectivity index (χ3v) is 6.23. The van der Waals surface area contributed by atoms with Gasteiger partial charge in [-0.2, -0.15) is 0 Å². The van der Waals surface area contributed by atoms with Crippen LogP contribution in [0.4, 0.5) is 0 Å². The predicted molar refractivity (Wildman–Crippen MR) is 105 cm³/mol. The summed E-state index contributed by atoms with van der Waals surface area (Å²) in [5.41, 5.74) is 2.26. The van der Waals surface area contributed by atoms with Crippen LogP contribution in [0.25, 0.3) is 22.1 Å². The van der Waals surface area contributed by atoms with Gasteiger partial charge in [-0.25, -0.2) is 13.2 Å². The highest BCUT2D eigenvalue weighted by atomic mass is 32.2. The van der Waals surface area contributed by atoms with Crippen molar-refractivity contribution < 1.29 is 12.8 Å². The van der Waals surface area contributed by atoms with Gasteiger partial charge in [-0.15, -0.1) is 0 Å². The van der Waals surface area contributed by atoms with Gasteiger partial charge in [-0.1, -0.05) is 54.6 Å². The van der Waals surface area contributed by atoms with Crippen molar-refractivity contribution in [3.05, 3.63) is 94.8 Å².